The Balaban J connectivity index is 2.14. The Morgan fingerprint density at radius 3 is 2.25 bits per heavy atom. The molecule has 0 spiro atoms. The van der Waals surface area contributed by atoms with Gasteiger partial charge in [-0.05, 0) is 62.6 Å². The summed E-state index contributed by atoms with van der Waals surface area (Å²) in [5.74, 6) is 1.64. The van der Waals surface area contributed by atoms with Crippen LogP contribution in [0.3, 0.4) is 0 Å². The summed E-state index contributed by atoms with van der Waals surface area (Å²) in [6, 6.07) is 5.75. The molecular formula is C19H31N. The molecule has 0 heterocycles. The van der Waals surface area contributed by atoms with E-state index in [1.807, 2.05) is 0 Å². The smallest absolute Gasteiger partial charge is 0.0299 e. The molecule has 0 saturated heterocycles. The van der Waals surface area contributed by atoms with Crippen LogP contribution in [0.25, 0.3) is 0 Å². The molecule has 1 aromatic rings. The van der Waals surface area contributed by atoms with Crippen LogP contribution in [0.15, 0.2) is 12.1 Å². The summed E-state index contributed by atoms with van der Waals surface area (Å²) in [7, 11) is 0. The third-order valence-electron chi connectivity index (χ3n) is 5.34. The molecule has 0 amide bonds. The fourth-order valence-corrected chi connectivity index (χ4v) is 4.10. The Bertz CT molecular complexity index is 440. The number of nitrogens with one attached hydrogen (secondary N) is 1. The van der Waals surface area contributed by atoms with Gasteiger partial charge in [0.15, 0.2) is 0 Å². The predicted molar refractivity (Wildman–Crippen MR) is 88.2 cm³/mol. The first-order chi connectivity index (χ1) is 9.40. The molecule has 1 aliphatic carbocycles. The van der Waals surface area contributed by atoms with E-state index in [1.165, 1.54) is 41.5 Å². The summed E-state index contributed by atoms with van der Waals surface area (Å²) < 4.78 is 0. The van der Waals surface area contributed by atoms with Gasteiger partial charge >= 0.3 is 0 Å². The molecule has 0 bridgehead atoms. The third-order valence-corrected chi connectivity index (χ3v) is 5.34. The number of aryl methyl sites for hydroxylation is 3. The Morgan fingerprint density at radius 2 is 1.65 bits per heavy atom. The predicted octanol–water partition coefficient (Wildman–Crippen LogP) is 5.09. The van der Waals surface area contributed by atoms with E-state index in [0.717, 1.165) is 11.8 Å². The maximum absolute atomic E-state index is 3.92. The van der Waals surface area contributed by atoms with Gasteiger partial charge in [-0.15, -0.1) is 0 Å². The lowest BCUT2D eigenvalue weighted by atomic mass is 9.77. The van der Waals surface area contributed by atoms with Crippen molar-refractivity contribution >= 4 is 0 Å². The number of hydrogen-bond donors (Lipinski definition) is 1. The summed E-state index contributed by atoms with van der Waals surface area (Å²) in [4.78, 5) is 0. The maximum Gasteiger partial charge on any atom is 0.0299 e. The first-order valence-corrected chi connectivity index (χ1v) is 8.24. The summed E-state index contributed by atoms with van der Waals surface area (Å²) in [6.07, 6.45) is 4.11. The normalized spacial score (nSPS) is 28.4. The van der Waals surface area contributed by atoms with Crippen molar-refractivity contribution in [3.05, 3.63) is 34.4 Å². The molecule has 0 aromatic heterocycles. The fraction of sp³-hybridized carbons (Fsp3) is 0.684. The Morgan fingerprint density at radius 1 is 1.05 bits per heavy atom. The molecular weight excluding hydrogens is 242 g/mol. The van der Waals surface area contributed by atoms with Gasteiger partial charge in [0.2, 0.25) is 0 Å². The van der Waals surface area contributed by atoms with Gasteiger partial charge in [-0.25, -0.2) is 0 Å². The van der Waals surface area contributed by atoms with Gasteiger partial charge in [0, 0.05) is 12.1 Å². The monoisotopic (exact) mass is 273 g/mol. The minimum absolute atomic E-state index is 0.452. The van der Waals surface area contributed by atoms with E-state index in [0.29, 0.717) is 12.1 Å². The SMILES string of the molecule is Cc1cc(C)c(C(C)NC2CCCC(C)C2C)c(C)c1. The fourth-order valence-electron chi connectivity index (χ4n) is 4.10. The number of rotatable bonds is 3. The van der Waals surface area contributed by atoms with Crippen molar-refractivity contribution in [3.63, 3.8) is 0 Å². The molecule has 112 valence electrons. The van der Waals surface area contributed by atoms with Crippen LogP contribution in [0, 0.1) is 32.6 Å². The molecule has 4 unspecified atom stereocenters. The van der Waals surface area contributed by atoms with E-state index >= 15 is 0 Å². The van der Waals surface area contributed by atoms with Gasteiger partial charge < -0.3 is 5.32 Å². The Labute approximate surface area is 125 Å². The molecule has 1 heteroatoms. The zero-order chi connectivity index (χ0) is 14.9. The van der Waals surface area contributed by atoms with E-state index in [9.17, 15) is 0 Å². The lowest BCUT2D eigenvalue weighted by Crippen LogP contribution is -2.42. The molecule has 1 fully saturated rings. The minimum Gasteiger partial charge on any atom is -0.307 e. The van der Waals surface area contributed by atoms with Gasteiger partial charge in [-0.1, -0.05) is 44.4 Å². The molecule has 1 aromatic carbocycles. The van der Waals surface area contributed by atoms with Gasteiger partial charge in [-0.2, -0.15) is 0 Å². The summed E-state index contributed by atoms with van der Waals surface area (Å²) in [6.45, 7) is 13.8. The van der Waals surface area contributed by atoms with Crippen molar-refractivity contribution in [1.29, 1.82) is 0 Å². The third kappa shape index (κ3) is 3.25. The van der Waals surface area contributed by atoms with E-state index in [-0.39, 0.29) is 0 Å². The van der Waals surface area contributed by atoms with Gasteiger partial charge in [0.1, 0.15) is 0 Å². The highest BCUT2D eigenvalue weighted by Crippen LogP contribution is 2.32. The number of hydrogen-bond acceptors (Lipinski definition) is 1. The molecule has 20 heavy (non-hydrogen) atoms. The lowest BCUT2D eigenvalue weighted by molar-refractivity contribution is 0.196. The Kier molecular flexibility index (Phi) is 4.90. The van der Waals surface area contributed by atoms with Crippen molar-refractivity contribution in [1.82, 2.24) is 5.32 Å². The van der Waals surface area contributed by atoms with Crippen molar-refractivity contribution < 1.29 is 0 Å². The second-order valence-corrected chi connectivity index (χ2v) is 7.07. The van der Waals surface area contributed by atoms with Crippen LogP contribution < -0.4 is 5.32 Å². The van der Waals surface area contributed by atoms with Crippen LogP contribution >= 0.6 is 0 Å². The van der Waals surface area contributed by atoms with E-state index in [1.54, 1.807) is 0 Å². The van der Waals surface area contributed by atoms with Crippen LogP contribution in [0.1, 0.15) is 68.3 Å². The molecule has 1 aliphatic rings. The Hall–Kier alpha value is -0.820. The van der Waals surface area contributed by atoms with Crippen molar-refractivity contribution in [2.45, 2.75) is 72.9 Å². The molecule has 1 saturated carbocycles. The first kappa shape index (κ1) is 15.6. The standard InChI is InChI=1S/C19H31N/c1-12-10-14(3)19(15(4)11-12)17(6)20-18-9-7-8-13(2)16(18)5/h10-11,13,16-18,20H,7-9H2,1-6H3. The lowest BCUT2D eigenvalue weighted by Gasteiger charge is -2.37. The van der Waals surface area contributed by atoms with Gasteiger partial charge in [-0.3, -0.25) is 0 Å². The molecule has 4 atom stereocenters. The van der Waals surface area contributed by atoms with Crippen molar-refractivity contribution in [3.8, 4) is 0 Å². The first-order valence-electron chi connectivity index (χ1n) is 8.24. The van der Waals surface area contributed by atoms with Crippen molar-refractivity contribution in [2.75, 3.05) is 0 Å². The van der Waals surface area contributed by atoms with E-state index in [4.69, 9.17) is 0 Å². The quantitative estimate of drug-likeness (QED) is 0.809. The van der Waals surface area contributed by atoms with Crippen LogP contribution in [-0.4, -0.2) is 6.04 Å². The zero-order valence-electron chi connectivity index (χ0n) is 14.1. The van der Waals surface area contributed by atoms with Crippen LogP contribution in [0.4, 0.5) is 0 Å². The summed E-state index contributed by atoms with van der Waals surface area (Å²) in [5.41, 5.74) is 5.73. The summed E-state index contributed by atoms with van der Waals surface area (Å²) >= 11 is 0. The largest absolute Gasteiger partial charge is 0.307 e. The molecule has 0 aliphatic heterocycles. The average molecular weight is 273 g/mol. The van der Waals surface area contributed by atoms with Gasteiger partial charge in [0.05, 0.1) is 0 Å². The minimum atomic E-state index is 0.452. The van der Waals surface area contributed by atoms with E-state index < -0.39 is 0 Å². The van der Waals surface area contributed by atoms with Crippen LogP contribution in [0.2, 0.25) is 0 Å². The highest BCUT2D eigenvalue weighted by atomic mass is 15.0. The maximum atomic E-state index is 3.92. The van der Waals surface area contributed by atoms with E-state index in [2.05, 4.69) is 59.0 Å². The van der Waals surface area contributed by atoms with Crippen LogP contribution in [-0.2, 0) is 0 Å². The molecule has 1 nitrogen and oxygen atoms in total. The highest BCUT2D eigenvalue weighted by molar-refractivity contribution is 5.39. The molecule has 0 radical (unpaired) electrons. The number of benzene rings is 1. The second kappa shape index (κ2) is 6.30. The van der Waals surface area contributed by atoms with Crippen molar-refractivity contribution in [2.24, 2.45) is 11.8 Å². The highest BCUT2D eigenvalue weighted by Gasteiger charge is 2.28. The average Bonchev–Trinajstić information content (AvgIpc) is 2.33. The van der Waals surface area contributed by atoms with Crippen LogP contribution in [0.5, 0.6) is 0 Å². The summed E-state index contributed by atoms with van der Waals surface area (Å²) in [5, 5.41) is 3.92. The molecule has 2 rings (SSSR count). The molecule has 1 N–H and O–H groups in total. The zero-order valence-corrected chi connectivity index (χ0v) is 14.1. The second-order valence-electron chi connectivity index (χ2n) is 7.07. The van der Waals surface area contributed by atoms with Gasteiger partial charge in [0.25, 0.3) is 0 Å². The topological polar surface area (TPSA) is 12.0 Å².